The summed E-state index contributed by atoms with van der Waals surface area (Å²) in [6, 6.07) is 11.0. The smallest absolute Gasteiger partial charge is 0.255 e. The number of anilines is 1. The van der Waals surface area contributed by atoms with Crippen LogP contribution in [0.2, 0.25) is 5.02 Å². The second-order valence-corrected chi connectivity index (χ2v) is 9.43. The molecular formula is C26H32ClN5O3. The van der Waals surface area contributed by atoms with E-state index < -0.39 is 0 Å². The molecule has 1 aliphatic heterocycles. The number of aryl methyl sites for hydroxylation is 1. The standard InChI is InChI=1S/C26H32ClN5O3/c1-31-16-20(18-6-3-4-7-23(18)31)26(34)29-9-5-10-32-11-8-17(15-32)14-30-25(33)19-12-21(27)22(28)13-24(19)35-2/h3-4,6-7,12-13,16-17H,5,8-11,14-15,28H2,1-2H3,(H,29,34)(H,30,33). The fraction of sp³-hybridized carbons (Fsp3) is 0.385. The molecule has 0 saturated carbocycles. The average molecular weight is 498 g/mol. The summed E-state index contributed by atoms with van der Waals surface area (Å²) < 4.78 is 7.25. The molecule has 1 atom stereocenters. The molecule has 1 aliphatic rings. The molecule has 1 saturated heterocycles. The summed E-state index contributed by atoms with van der Waals surface area (Å²) in [6.07, 6.45) is 3.77. The van der Waals surface area contributed by atoms with Gasteiger partial charge in [-0.25, -0.2) is 0 Å². The number of hydrogen-bond donors (Lipinski definition) is 3. The Morgan fingerprint density at radius 1 is 1.17 bits per heavy atom. The number of halogens is 1. The fourth-order valence-electron chi connectivity index (χ4n) is 4.65. The van der Waals surface area contributed by atoms with E-state index in [1.807, 2.05) is 42.1 Å². The van der Waals surface area contributed by atoms with Crippen molar-refractivity contribution >= 4 is 40.0 Å². The zero-order valence-electron chi connectivity index (χ0n) is 20.1. The van der Waals surface area contributed by atoms with Gasteiger partial charge in [0.25, 0.3) is 11.8 Å². The minimum Gasteiger partial charge on any atom is -0.496 e. The minimum atomic E-state index is -0.224. The first kappa shape index (κ1) is 24.9. The number of nitrogens with two attached hydrogens (primary N) is 1. The molecule has 1 unspecified atom stereocenters. The average Bonchev–Trinajstić information content (AvgIpc) is 3.46. The summed E-state index contributed by atoms with van der Waals surface area (Å²) in [7, 11) is 3.45. The predicted molar refractivity (Wildman–Crippen MR) is 139 cm³/mol. The molecule has 4 N–H and O–H groups in total. The number of carbonyl (C=O) groups is 2. The second-order valence-electron chi connectivity index (χ2n) is 9.02. The van der Waals surface area contributed by atoms with Crippen molar-refractivity contribution in [2.45, 2.75) is 12.8 Å². The van der Waals surface area contributed by atoms with Gasteiger partial charge in [-0.05, 0) is 44.0 Å². The van der Waals surface area contributed by atoms with E-state index in [2.05, 4.69) is 15.5 Å². The SMILES string of the molecule is COc1cc(N)c(Cl)cc1C(=O)NCC1CCN(CCCNC(=O)c2cn(C)c3ccccc23)C1. The molecule has 0 spiro atoms. The largest absolute Gasteiger partial charge is 0.496 e. The number of aromatic nitrogens is 1. The molecule has 2 amide bonds. The number of methoxy groups -OCH3 is 1. The van der Waals surface area contributed by atoms with E-state index in [4.69, 9.17) is 22.1 Å². The number of carbonyl (C=O) groups excluding carboxylic acids is 2. The van der Waals surface area contributed by atoms with E-state index >= 15 is 0 Å². The van der Waals surface area contributed by atoms with Crippen LogP contribution in [-0.2, 0) is 7.05 Å². The third-order valence-corrected chi connectivity index (χ3v) is 6.89. The quantitative estimate of drug-likeness (QED) is 0.311. The van der Waals surface area contributed by atoms with Crippen LogP contribution in [0.15, 0.2) is 42.6 Å². The minimum absolute atomic E-state index is 0.0398. The van der Waals surface area contributed by atoms with E-state index in [9.17, 15) is 9.59 Å². The molecule has 8 nitrogen and oxygen atoms in total. The summed E-state index contributed by atoms with van der Waals surface area (Å²) >= 11 is 6.08. The van der Waals surface area contributed by atoms with Crippen molar-refractivity contribution in [3.8, 4) is 5.75 Å². The van der Waals surface area contributed by atoms with Gasteiger partial charge in [-0.2, -0.15) is 0 Å². The lowest BCUT2D eigenvalue weighted by molar-refractivity contribution is 0.0941. The van der Waals surface area contributed by atoms with E-state index in [1.54, 1.807) is 12.1 Å². The molecule has 0 radical (unpaired) electrons. The number of likely N-dealkylation sites (tertiary alicyclic amines) is 1. The number of rotatable bonds is 9. The number of benzene rings is 2. The Bertz CT molecular complexity index is 1230. The summed E-state index contributed by atoms with van der Waals surface area (Å²) in [5, 5.41) is 7.34. The predicted octanol–water partition coefficient (Wildman–Crippen LogP) is 3.29. The molecule has 4 rings (SSSR count). The second kappa shape index (κ2) is 11.0. The van der Waals surface area contributed by atoms with Gasteiger partial charge in [-0.15, -0.1) is 0 Å². The van der Waals surface area contributed by atoms with Gasteiger partial charge >= 0.3 is 0 Å². The lowest BCUT2D eigenvalue weighted by Gasteiger charge is -2.17. The maximum absolute atomic E-state index is 12.7. The van der Waals surface area contributed by atoms with Gasteiger partial charge in [-0.1, -0.05) is 29.8 Å². The van der Waals surface area contributed by atoms with Crippen LogP contribution < -0.4 is 21.1 Å². The van der Waals surface area contributed by atoms with Crippen molar-refractivity contribution < 1.29 is 14.3 Å². The van der Waals surface area contributed by atoms with Crippen LogP contribution in [0.5, 0.6) is 5.75 Å². The van der Waals surface area contributed by atoms with E-state index in [1.165, 1.54) is 7.11 Å². The highest BCUT2D eigenvalue weighted by Crippen LogP contribution is 2.29. The number of nitrogens with zero attached hydrogens (tertiary/aromatic N) is 2. The number of nitrogens with one attached hydrogen (secondary N) is 2. The highest BCUT2D eigenvalue weighted by Gasteiger charge is 2.23. The Kier molecular flexibility index (Phi) is 7.83. The highest BCUT2D eigenvalue weighted by atomic mass is 35.5. The molecular weight excluding hydrogens is 466 g/mol. The van der Waals surface area contributed by atoms with Crippen molar-refractivity contribution in [1.82, 2.24) is 20.1 Å². The van der Waals surface area contributed by atoms with Gasteiger partial charge in [0.1, 0.15) is 5.75 Å². The first-order valence-electron chi connectivity index (χ1n) is 11.8. The van der Waals surface area contributed by atoms with E-state index in [0.29, 0.717) is 46.6 Å². The third-order valence-electron chi connectivity index (χ3n) is 6.56. The summed E-state index contributed by atoms with van der Waals surface area (Å²) in [5.74, 6) is 0.517. The number of amides is 2. The van der Waals surface area contributed by atoms with Crippen molar-refractivity contribution in [2.24, 2.45) is 13.0 Å². The number of para-hydroxylation sites is 1. The molecule has 2 heterocycles. The first-order chi connectivity index (χ1) is 16.9. The normalized spacial score (nSPS) is 15.9. The van der Waals surface area contributed by atoms with Crippen LogP contribution in [0, 0.1) is 5.92 Å². The van der Waals surface area contributed by atoms with Crippen LogP contribution in [0.25, 0.3) is 10.9 Å². The monoisotopic (exact) mass is 497 g/mol. The highest BCUT2D eigenvalue weighted by molar-refractivity contribution is 6.33. The molecule has 35 heavy (non-hydrogen) atoms. The van der Waals surface area contributed by atoms with Gasteiger partial charge in [0.05, 0.1) is 28.9 Å². The van der Waals surface area contributed by atoms with Crippen molar-refractivity contribution in [1.29, 1.82) is 0 Å². The topological polar surface area (TPSA) is 102 Å². The Balaban J connectivity index is 1.19. The fourth-order valence-corrected chi connectivity index (χ4v) is 4.82. The van der Waals surface area contributed by atoms with Crippen molar-refractivity contribution in [2.75, 3.05) is 45.6 Å². The molecule has 1 fully saturated rings. The van der Waals surface area contributed by atoms with Gasteiger partial charge in [0.15, 0.2) is 0 Å². The van der Waals surface area contributed by atoms with Gasteiger partial charge in [-0.3, -0.25) is 9.59 Å². The van der Waals surface area contributed by atoms with E-state index in [-0.39, 0.29) is 11.8 Å². The maximum atomic E-state index is 12.7. The molecule has 186 valence electrons. The maximum Gasteiger partial charge on any atom is 0.255 e. The Morgan fingerprint density at radius 2 is 1.94 bits per heavy atom. The summed E-state index contributed by atoms with van der Waals surface area (Å²) in [5.41, 5.74) is 8.31. The Labute approximate surface area is 210 Å². The number of fused-ring (bicyclic) bond motifs is 1. The van der Waals surface area contributed by atoms with Crippen LogP contribution >= 0.6 is 11.6 Å². The molecule has 0 aliphatic carbocycles. The summed E-state index contributed by atoms with van der Waals surface area (Å²) in [4.78, 5) is 27.7. The molecule has 1 aromatic heterocycles. The first-order valence-corrected chi connectivity index (χ1v) is 12.2. The van der Waals surface area contributed by atoms with Gasteiger partial charge in [0.2, 0.25) is 0 Å². The van der Waals surface area contributed by atoms with Crippen molar-refractivity contribution in [3.63, 3.8) is 0 Å². The Morgan fingerprint density at radius 3 is 2.74 bits per heavy atom. The van der Waals surface area contributed by atoms with Crippen molar-refractivity contribution in [3.05, 3.63) is 58.7 Å². The van der Waals surface area contributed by atoms with Crippen LogP contribution in [-0.4, -0.2) is 61.1 Å². The number of ether oxygens (including phenoxy) is 1. The van der Waals surface area contributed by atoms with Crippen LogP contribution in [0.3, 0.4) is 0 Å². The number of hydrogen-bond acceptors (Lipinski definition) is 5. The zero-order valence-corrected chi connectivity index (χ0v) is 20.9. The zero-order chi connectivity index (χ0) is 24.9. The van der Waals surface area contributed by atoms with Gasteiger partial charge < -0.3 is 30.6 Å². The molecule has 3 aromatic rings. The lowest BCUT2D eigenvalue weighted by atomic mass is 10.1. The third kappa shape index (κ3) is 5.71. The summed E-state index contributed by atoms with van der Waals surface area (Å²) in [6.45, 7) is 4.00. The van der Waals surface area contributed by atoms with Crippen LogP contribution in [0.4, 0.5) is 5.69 Å². The van der Waals surface area contributed by atoms with E-state index in [0.717, 1.165) is 43.4 Å². The van der Waals surface area contributed by atoms with Crippen LogP contribution in [0.1, 0.15) is 33.6 Å². The Hall–Kier alpha value is -3.23. The number of nitrogen functional groups attached to an aromatic ring is 1. The van der Waals surface area contributed by atoms with Gasteiger partial charge in [0, 0.05) is 49.8 Å². The molecule has 2 aromatic carbocycles. The lowest BCUT2D eigenvalue weighted by Crippen LogP contribution is -2.32. The molecule has 9 heteroatoms. The molecule has 0 bridgehead atoms.